The Morgan fingerprint density at radius 3 is 3.12 bits per heavy atom. The summed E-state index contributed by atoms with van der Waals surface area (Å²) in [6.07, 6.45) is 6.04. The molecule has 6 nitrogen and oxygen atoms in total. The van der Waals surface area contributed by atoms with Crippen molar-refractivity contribution in [2.45, 2.75) is 19.8 Å². The minimum absolute atomic E-state index is 0.427. The molecule has 17 heavy (non-hydrogen) atoms. The third-order valence-corrected chi connectivity index (χ3v) is 3.28. The van der Waals surface area contributed by atoms with Crippen molar-refractivity contribution in [2.75, 3.05) is 23.7 Å². The van der Waals surface area contributed by atoms with E-state index < -0.39 is 0 Å². The molecule has 0 radical (unpaired) electrons. The lowest BCUT2D eigenvalue weighted by atomic mass is 10.0. The van der Waals surface area contributed by atoms with Crippen LogP contribution in [0.25, 0.3) is 5.65 Å². The van der Waals surface area contributed by atoms with E-state index in [9.17, 15) is 0 Å². The molecule has 2 aromatic rings. The van der Waals surface area contributed by atoms with E-state index in [1.54, 1.807) is 6.20 Å². The Morgan fingerprint density at radius 2 is 2.29 bits per heavy atom. The van der Waals surface area contributed by atoms with E-state index in [0.29, 0.717) is 17.4 Å². The molecule has 2 N–H and O–H groups in total. The maximum Gasteiger partial charge on any atom is 0.231 e. The van der Waals surface area contributed by atoms with Crippen LogP contribution in [0.4, 0.5) is 11.8 Å². The van der Waals surface area contributed by atoms with E-state index >= 15 is 0 Å². The Balaban J connectivity index is 2.02. The van der Waals surface area contributed by atoms with Crippen molar-refractivity contribution in [3.05, 3.63) is 12.4 Å². The number of anilines is 2. The number of nitrogens with zero attached hydrogens (tertiary/aromatic N) is 5. The fourth-order valence-corrected chi connectivity index (χ4v) is 2.42. The Hall–Kier alpha value is -1.85. The Morgan fingerprint density at radius 1 is 1.41 bits per heavy atom. The van der Waals surface area contributed by atoms with Gasteiger partial charge in [0.25, 0.3) is 0 Å². The average Bonchev–Trinajstić information content (AvgIpc) is 2.74. The van der Waals surface area contributed by atoms with Gasteiger partial charge >= 0.3 is 0 Å². The molecule has 2 aromatic heterocycles. The number of fused-ring (bicyclic) bond motifs is 1. The number of nitrogens with two attached hydrogens (primary N) is 1. The molecule has 1 saturated heterocycles. The van der Waals surface area contributed by atoms with Gasteiger partial charge in [0.1, 0.15) is 0 Å². The molecule has 1 unspecified atom stereocenters. The number of hydrogen-bond acceptors (Lipinski definition) is 5. The monoisotopic (exact) mass is 232 g/mol. The van der Waals surface area contributed by atoms with Crippen LogP contribution in [0.2, 0.25) is 0 Å². The summed E-state index contributed by atoms with van der Waals surface area (Å²) in [5.74, 6) is 2.01. The van der Waals surface area contributed by atoms with Crippen LogP contribution < -0.4 is 10.6 Å². The first-order valence-electron chi connectivity index (χ1n) is 5.96. The summed E-state index contributed by atoms with van der Waals surface area (Å²) in [7, 11) is 0. The van der Waals surface area contributed by atoms with Crippen LogP contribution in [0.3, 0.4) is 0 Å². The molecule has 3 rings (SSSR count). The van der Waals surface area contributed by atoms with Crippen molar-refractivity contribution in [2.24, 2.45) is 5.92 Å². The van der Waals surface area contributed by atoms with Crippen molar-refractivity contribution < 1.29 is 0 Å². The van der Waals surface area contributed by atoms with Crippen LogP contribution in [0, 0.1) is 5.92 Å². The summed E-state index contributed by atoms with van der Waals surface area (Å²) in [6, 6.07) is 0. The topological polar surface area (TPSA) is 72.3 Å². The lowest BCUT2D eigenvalue weighted by Gasteiger charge is -2.30. The molecular formula is C11H16N6. The molecule has 0 aromatic carbocycles. The van der Waals surface area contributed by atoms with Crippen LogP contribution in [-0.2, 0) is 0 Å². The lowest BCUT2D eigenvalue weighted by molar-refractivity contribution is 0.441. The molecule has 1 atom stereocenters. The quantitative estimate of drug-likeness (QED) is 0.792. The molecule has 3 heterocycles. The predicted molar refractivity (Wildman–Crippen MR) is 65.8 cm³/mol. The van der Waals surface area contributed by atoms with E-state index in [1.165, 1.54) is 12.8 Å². The predicted octanol–water partition coefficient (Wildman–Crippen LogP) is 0.943. The second-order valence-corrected chi connectivity index (χ2v) is 4.70. The van der Waals surface area contributed by atoms with Crippen LogP contribution in [0.15, 0.2) is 12.4 Å². The first-order valence-corrected chi connectivity index (χ1v) is 5.96. The molecule has 0 saturated carbocycles. The maximum atomic E-state index is 5.77. The molecule has 1 aliphatic rings. The first-order chi connectivity index (χ1) is 8.25. The normalized spacial score (nSPS) is 21.0. The molecule has 1 aliphatic heterocycles. The van der Waals surface area contributed by atoms with Gasteiger partial charge in [-0.05, 0) is 18.8 Å². The molecule has 0 aliphatic carbocycles. The van der Waals surface area contributed by atoms with Gasteiger partial charge in [-0.25, -0.2) is 4.98 Å². The first kappa shape index (κ1) is 10.3. The minimum Gasteiger partial charge on any atom is -0.381 e. The number of rotatable bonds is 1. The highest BCUT2D eigenvalue weighted by Crippen LogP contribution is 2.22. The van der Waals surface area contributed by atoms with E-state index in [1.807, 2.05) is 10.6 Å². The highest BCUT2D eigenvalue weighted by atomic mass is 15.4. The molecule has 1 fully saturated rings. The molecule has 0 amide bonds. The zero-order chi connectivity index (χ0) is 11.8. The third-order valence-electron chi connectivity index (χ3n) is 3.28. The van der Waals surface area contributed by atoms with Gasteiger partial charge < -0.3 is 10.6 Å². The Kier molecular flexibility index (Phi) is 2.35. The third kappa shape index (κ3) is 1.69. The molecular weight excluding hydrogens is 216 g/mol. The number of nitrogen functional groups attached to an aromatic ring is 1. The summed E-state index contributed by atoms with van der Waals surface area (Å²) < 4.78 is 1.92. The minimum atomic E-state index is 0.427. The fraction of sp³-hybridized carbons (Fsp3) is 0.545. The van der Waals surface area contributed by atoms with E-state index in [4.69, 9.17) is 5.73 Å². The molecule has 0 spiro atoms. The van der Waals surface area contributed by atoms with Gasteiger partial charge in [0, 0.05) is 25.5 Å². The van der Waals surface area contributed by atoms with Crippen molar-refractivity contribution in [3.63, 3.8) is 0 Å². The van der Waals surface area contributed by atoms with Gasteiger partial charge in [0.05, 0.1) is 0 Å². The Labute approximate surface area is 99.5 Å². The van der Waals surface area contributed by atoms with E-state index in [2.05, 4.69) is 27.0 Å². The smallest absolute Gasteiger partial charge is 0.231 e. The fourth-order valence-electron chi connectivity index (χ4n) is 2.42. The van der Waals surface area contributed by atoms with Crippen molar-refractivity contribution in [1.29, 1.82) is 0 Å². The second kappa shape index (κ2) is 3.87. The van der Waals surface area contributed by atoms with Gasteiger partial charge in [-0.3, -0.25) is 4.40 Å². The van der Waals surface area contributed by atoms with Crippen LogP contribution >= 0.6 is 0 Å². The second-order valence-electron chi connectivity index (χ2n) is 4.70. The standard InChI is InChI=1S/C11H16N6/c1-8-3-2-5-16(7-8)11-15-14-10-9(12)13-4-6-17(10)11/h4,6,8H,2-3,5,7H2,1H3,(H2,12,13). The molecule has 90 valence electrons. The largest absolute Gasteiger partial charge is 0.381 e. The summed E-state index contributed by atoms with van der Waals surface area (Å²) in [6.45, 7) is 4.34. The van der Waals surface area contributed by atoms with Crippen molar-refractivity contribution in [1.82, 2.24) is 19.6 Å². The van der Waals surface area contributed by atoms with E-state index in [0.717, 1.165) is 19.0 Å². The summed E-state index contributed by atoms with van der Waals surface area (Å²) in [5.41, 5.74) is 6.41. The van der Waals surface area contributed by atoms with Crippen molar-refractivity contribution in [3.8, 4) is 0 Å². The van der Waals surface area contributed by atoms with Crippen LogP contribution in [0.1, 0.15) is 19.8 Å². The molecule has 0 bridgehead atoms. The van der Waals surface area contributed by atoms with E-state index in [-0.39, 0.29) is 0 Å². The highest BCUT2D eigenvalue weighted by Gasteiger charge is 2.21. The van der Waals surface area contributed by atoms with Crippen LogP contribution in [-0.4, -0.2) is 32.7 Å². The average molecular weight is 232 g/mol. The van der Waals surface area contributed by atoms with Gasteiger partial charge in [-0.2, -0.15) is 0 Å². The summed E-state index contributed by atoms with van der Waals surface area (Å²) in [4.78, 5) is 6.29. The lowest BCUT2D eigenvalue weighted by Crippen LogP contribution is -2.35. The SMILES string of the molecule is CC1CCCN(c2nnc3c(N)nccn23)C1. The zero-order valence-electron chi connectivity index (χ0n) is 9.87. The summed E-state index contributed by atoms with van der Waals surface area (Å²) >= 11 is 0. The van der Waals surface area contributed by atoms with Gasteiger partial charge in [0.15, 0.2) is 5.82 Å². The zero-order valence-corrected chi connectivity index (χ0v) is 9.87. The van der Waals surface area contributed by atoms with Gasteiger partial charge in [0.2, 0.25) is 11.6 Å². The highest BCUT2D eigenvalue weighted by molar-refractivity contribution is 5.61. The van der Waals surface area contributed by atoms with Crippen LogP contribution in [0.5, 0.6) is 0 Å². The van der Waals surface area contributed by atoms with Gasteiger partial charge in [-0.1, -0.05) is 6.92 Å². The number of piperidine rings is 1. The van der Waals surface area contributed by atoms with Crippen molar-refractivity contribution >= 4 is 17.4 Å². The summed E-state index contributed by atoms with van der Waals surface area (Å²) in [5, 5.41) is 8.34. The number of hydrogen-bond donors (Lipinski definition) is 1. The number of aromatic nitrogens is 4. The van der Waals surface area contributed by atoms with Gasteiger partial charge in [-0.15, -0.1) is 10.2 Å². The Bertz CT molecular complexity index is 534. The maximum absolute atomic E-state index is 5.77. The molecule has 6 heteroatoms.